The first-order valence-electron chi connectivity index (χ1n) is 12.8. The van der Waals surface area contributed by atoms with Crippen molar-refractivity contribution >= 4 is 23.9 Å². The number of carbonyl (C=O) groups excluding carboxylic acids is 2. The summed E-state index contributed by atoms with van der Waals surface area (Å²) in [5.41, 5.74) is 3.94. The van der Waals surface area contributed by atoms with Gasteiger partial charge in [0, 0.05) is 5.92 Å². The topological polar surface area (TPSA) is 112 Å². The number of carbonyl (C=O) groups is 2. The van der Waals surface area contributed by atoms with Crippen LogP contribution in [0.5, 0.6) is 0 Å². The fourth-order valence-electron chi connectivity index (χ4n) is 5.02. The molecule has 1 heterocycles. The van der Waals surface area contributed by atoms with Crippen LogP contribution in [0, 0.1) is 0 Å². The largest absolute Gasteiger partial charge is 0.508 e. The van der Waals surface area contributed by atoms with Crippen molar-refractivity contribution < 1.29 is 38.7 Å². The van der Waals surface area contributed by atoms with E-state index in [1.807, 2.05) is 43.3 Å². The Hall–Kier alpha value is -3.37. The Morgan fingerprint density at radius 3 is 2.05 bits per heavy atom. The molecule has 8 nitrogen and oxygen atoms in total. The van der Waals surface area contributed by atoms with Gasteiger partial charge in [-0.2, -0.15) is 0 Å². The molecule has 3 aromatic rings. The molecule has 0 bridgehead atoms. The van der Waals surface area contributed by atoms with E-state index in [0.29, 0.717) is 11.3 Å². The van der Waals surface area contributed by atoms with E-state index in [0.717, 1.165) is 22.3 Å². The summed E-state index contributed by atoms with van der Waals surface area (Å²) >= 11 is 1.31. The van der Waals surface area contributed by atoms with Crippen molar-refractivity contribution in [3.05, 3.63) is 95.6 Å². The molecule has 5 rings (SSSR count). The van der Waals surface area contributed by atoms with E-state index in [9.17, 15) is 19.8 Å². The Morgan fingerprint density at radius 1 is 0.821 bits per heavy atom. The van der Waals surface area contributed by atoms with E-state index in [-0.39, 0.29) is 19.1 Å². The van der Waals surface area contributed by atoms with Gasteiger partial charge in [-0.05, 0) is 40.1 Å². The maximum Gasteiger partial charge on any atom is 0.508 e. The Bertz CT molecular complexity index is 1250. The first-order valence-corrected chi connectivity index (χ1v) is 13.9. The van der Waals surface area contributed by atoms with Crippen LogP contribution in [-0.2, 0) is 18.9 Å². The van der Waals surface area contributed by atoms with E-state index >= 15 is 0 Å². The summed E-state index contributed by atoms with van der Waals surface area (Å²) < 4.78 is 22.2. The normalized spacial score (nSPS) is 23.9. The monoisotopic (exact) mass is 550 g/mol. The number of hydrogen-bond acceptors (Lipinski definition) is 9. The SMILES string of the molecule is CCS[C@H]1OC(COC(=O)OCC2c3ccccc3-c3ccccc32)[C@@H](O)C(O)C1OC(=O)c1ccccc1. The quantitative estimate of drug-likeness (QED) is 0.395. The highest BCUT2D eigenvalue weighted by atomic mass is 32.2. The highest BCUT2D eigenvalue weighted by molar-refractivity contribution is 7.99. The van der Waals surface area contributed by atoms with Gasteiger partial charge in [0.25, 0.3) is 0 Å². The van der Waals surface area contributed by atoms with Crippen LogP contribution in [0.25, 0.3) is 11.1 Å². The van der Waals surface area contributed by atoms with Crippen LogP contribution in [0.1, 0.15) is 34.3 Å². The van der Waals surface area contributed by atoms with Gasteiger partial charge in [-0.3, -0.25) is 0 Å². The van der Waals surface area contributed by atoms with E-state index in [4.69, 9.17) is 18.9 Å². The van der Waals surface area contributed by atoms with Gasteiger partial charge in [0.1, 0.15) is 37.0 Å². The molecular formula is C30H30O8S. The van der Waals surface area contributed by atoms with Crippen LogP contribution in [0.4, 0.5) is 4.79 Å². The van der Waals surface area contributed by atoms with Gasteiger partial charge < -0.3 is 29.2 Å². The summed E-state index contributed by atoms with van der Waals surface area (Å²) in [4.78, 5) is 25.1. The van der Waals surface area contributed by atoms with Gasteiger partial charge in [0.2, 0.25) is 0 Å². The summed E-state index contributed by atoms with van der Waals surface area (Å²) in [6, 6.07) is 24.4. The number of aliphatic hydroxyl groups is 2. The molecule has 0 amide bonds. The number of ether oxygens (including phenoxy) is 4. The summed E-state index contributed by atoms with van der Waals surface area (Å²) in [5.74, 6) is -0.147. The molecule has 1 aliphatic heterocycles. The molecule has 1 aliphatic carbocycles. The Morgan fingerprint density at radius 2 is 1.41 bits per heavy atom. The molecule has 0 aromatic heterocycles. The van der Waals surface area contributed by atoms with Gasteiger partial charge in [-0.1, -0.05) is 73.7 Å². The number of benzene rings is 3. The van der Waals surface area contributed by atoms with Crippen molar-refractivity contribution in [3.8, 4) is 11.1 Å². The summed E-state index contributed by atoms with van der Waals surface area (Å²) in [6.07, 6.45) is -5.93. The average Bonchev–Trinajstić information content (AvgIpc) is 3.29. The van der Waals surface area contributed by atoms with E-state index < -0.39 is 42.0 Å². The maximum absolute atomic E-state index is 12.6. The Kier molecular flexibility index (Phi) is 8.52. The molecule has 9 heteroatoms. The summed E-state index contributed by atoms with van der Waals surface area (Å²) in [6.45, 7) is 1.65. The van der Waals surface area contributed by atoms with Crippen LogP contribution < -0.4 is 0 Å². The third-order valence-electron chi connectivity index (χ3n) is 6.92. The van der Waals surface area contributed by atoms with Gasteiger partial charge in [0.05, 0.1) is 5.56 Å². The first-order chi connectivity index (χ1) is 19.0. The number of thioether (sulfide) groups is 1. The summed E-state index contributed by atoms with van der Waals surface area (Å²) in [7, 11) is 0. The number of fused-ring (bicyclic) bond motifs is 3. The molecule has 1 saturated heterocycles. The van der Waals surface area contributed by atoms with Crippen molar-refractivity contribution in [2.75, 3.05) is 19.0 Å². The van der Waals surface area contributed by atoms with E-state index in [2.05, 4.69) is 12.1 Å². The van der Waals surface area contributed by atoms with E-state index in [1.165, 1.54) is 11.8 Å². The third-order valence-corrected chi connectivity index (χ3v) is 7.97. The second-order valence-corrected chi connectivity index (χ2v) is 10.7. The van der Waals surface area contributed by atoms with Crippen LogP contribution in [0.3, 0.4) is 0 Å². The predicted octanol–water partition coefficient (Wildman–Crippen LogP) is 4.38. The predicted molar refractivity (Wildman–Crippen MR) is 145 cm³/mol. The number of hydrogen-bond donors (Lipinski definition) is 2. The molecule has 3 aromatic carbocycles. The van der Waals surface area contributed by atoms with Gasteiger partial charge in [-0.25, -0.2) is 9.59 Å². The minimum atomic E-state index is -1.45. The molecule has 0 radical (unpaired) electrons. The van der Waals surface area contributed by atoms with E-state index in [1.54, 1.807) is 30.3 Å². The highest BCUT2D eigenvalue weighted by Crippen LogP contribution is 2.44. The lowest BCUT2D eigenvalue weighted by atomic mass is 9.98. The maximum atomic E-state index is 12.6. The second-order valence-electron chi connectivity index (χ2n) is 9.31. The smallest absolute Gasteiger partial charge is 0.452 e. The molecule has 39 heavy (non-hydrogen) atoms. The molecule has 3 unspecified atom stereocenters. The molecular weight excluding hydrogens is 520 g/mol. The Labute approximate surface area is 230 Å². The first kappa shape index (κ1) is 27.2. The van der Waals surface area contributed by atoms with Crippen LogP contribution in [-0.4, -0.2) is 71.2 Å². The lowest BCUT2D eigenvalue weighted by Gasteiger charge is -2.41. The van der Waals surface area contributed by atoms with Crippen molar-refractivity contribution in [2.45, 2.75) is 42.7 Å². The van der Waals surface area contributed by atoms with Gasteiger partial charge >= 0.3 is 12.1 Å². The zero-order valence-electron chi connectivity index (χ0n) is 21.3. The standard InChI is InChI=1S/C30H30O8S/c1-2-39-29-27(38-28(33)18-10-4-3-5-11-18)26(32)25(31)24(37-29)17-36-30(34)35-16-23-21-14-8-6-12-19(21)20-13-7-9-15-22(20)23/h3-15,23-27,29,31-32H,2,16-17H2,1H3/t24?,25-,26?,27?,29-/m1/s1. The lowest BCUT2D eigenvalue weighted by Crippen LogP contribution is -2.59. The van der Waals surface area contributed by atoms with Gasteiger partial charge in [-0.15, -0.1) is 11.8 Å². The van der Waals surface area contributed by atoms with Crippen LogP contribution >= 0.6 is 11.8 Å². The molecule has 0 spiro atoms. The average molecular weight is 551 g/mol. The Balaban J connectivity index is 1.18. The molecule has 0 saturated carbocycles. The van der Waals surface area contributed by atoms with Crippen LogP contribution in [0.15, 0.2) is 78.9 Å². The number of aliphatic hydroxyl groups excluding tert-OH is 2. The zero-order valence-corrected chi connectivity index (χ0v) is 22.2. The van der Waals surface area contributed by atoms with Gasteiger partial charge in [0.15, 0.2) is 6.10 Å². The minimum absolute atomic E-state index is 0.0926. The molecule has 2 aliphatic rings. The fourth-order valence-corrected chi connectivity index (χ4v) is 5.97. The molecule has 5 atom stereocenters. The minimum Gasteiger partial charge on any atom is -0.452 e. The van der Waals surface area contributed by atoms with Crippen molar-refractivity contribution in [3.63, 3.8) is 0 Å². The van der Waals surface area contributed by atoms with Crippen LogP contribution in [0.2, 0.25) is 0 Å². The lowest BCUT2D eigenvalue weighted by molar-refractivity contribution is -0.207. The number of esters is 1. The number of rotatable bonds is 8. The summed E-state index contributed by atoms with van der Waals surface area (Å²) in [5, 5.41) is 21.5. The molecule has 2 N–H and O–H groups in total. The van der Waals surface area contributed by atoms with Crippen molar-refractivity contribution in [1.29, 1.82) is 0 Å². The zero-order chi connectivity index (χ0) is 27.4. The molecule has 204 valence electrons. The van der Waals surface area contributed by atoms with Crippen molar-refractivity contribution in [1.82, 2.24) is 0 Å². The highest BCUT2D eigenvalue weighted by Gasteiger charge is 2.47. The molecule has 1 fully saturated rings. The van der Waals surface area contributed by atoms with Crippen molar-refractivity contribution in [2.24, 2.45) is 0 Å². The fraction of sp³-hybridized carbons (Fsp3) is 0.333. The third kappa shape index (κ3) is 5.81. The second kappa shape index (κ2) is 12.2.